The number of carbonyl (C=O) groups excluding carboxylic acids is 1. The summed E-state index contributed by atoms with van der Waals surface area (Å²) >= 11 is 0. The van der Waals surface area contributed by atoms with Crippen molar-refractivity contribution in [3.8, 4) is 0 Å². The van der Waals surface area contributed by atoms with Gasteiger partial charge >= 0.3 is 5.97 Å². The van der Waals surface area contributed by atoms with E-state index in [0.717, 1.165) is 44.9 Å². The van der Waals surface area contributed by atoms with Crippen molar-refractivity contribution >= 4 is 5.97 Å². The maximum atomic E-state index is 13.9. The number of aliphatic hydroxyl groups excluding tert-OH is 1. The Morgan fingerprint density at radius 1 is 0.765 bits per heavy atom. The number of allylic oxidation sites excluding steroid dienone is 2. The molecule has 0 aliphatic rings. The van der Waals surface area contributed by atoms with E-state index in [0.29, 0.717) is 0 Å². The second kappa shape index (κ2) is 15.5. The van der Waals surface area contributed by atoms with Crippen LogP contribution in [0.2, 0.25) is 0 Å². The molecular formula is C31H58O3. The molecule has 0 fully saturated rings. The van der Waals surface area contributed by atoms with Crippen LogP contribution in [0.3, 0.4) is 0 Å². The summed E-state index contributed by atoms with van der Waals surface area (Å²) in [5, 5.41) is 9.32. The summed E-state index contributed by atoms with van der Waals surface area (Å²) in [5.41, 5.74) is -0.840. The maximum absolute atomic E-state index is 13.9. The van der Waals surface area contributed by atoms with E-state index < -0.39 is 5.41 Å². The highest BCUT2D eigenvalue weighted by atomic mass is 16.5. The Morgan fingerprint density at radius 3 is 1.50 bits per heavy atom. The van der Waals surface area contributed by atoms with Gasteiger partial charge in [-0.3, -0.25) is 4.79 Å². The van der Waals surface area contributed by atoms with Crippen molar-refractivity contribution < 1.29 is 14.6 Å². The normalized spacial score (nSPS) is 14.2. The van der Waals surface area contributed by atoms with Crippen molar-refractivity contribution in [3.63, 3.8) is 0 Å². The Bertz CT molecular complexity index is 644. The molecule has 0 aromatic heterocycles. The van der Waals surface area contributed by atoms with Crippen LogP contribution in [-0.2, 0) is 9.53 Å². The van der Waals surface area contributed by atoms with E-state index in [-0.39, 0.29) is 33.7 Å². The SMILES string of the molecule is C=C(O)/C=C\C(=C)OC(=O)C(C)(CC(C)(CC)CC)C(CC)(CC)C(C)(CC)CC.CCCC. The molecule has 0 aromatic rings. The number of aliphatic hydroxyl groups is 1. The number of carbonyl (C=O) groups is 1. The molecule has 0 aliphatic heterocycles. The molecule has 0 saturated carbocycles. The van der Waals surface area contributed by atoms with Crippen LogP contribution >= 0.6 is 0 Å². The Hall–Kier alpha value is -1.51. The number of ether oxygens (including phenoxy) is 1. The topological polar surface area (TPSA) is 46.5 Å². The van der Waals surface area contributed by atoms with Crippen LogP contribution in [0.4, 0.5) is 0 Å². The average Bonchev–Trinajstić information content (AvgIpc) is 2.83. The number of esters is 1. The van der Waals surface area contributed by atoms with Crippen molar-refractivity contribution in [1.82, 2.24) is 0 Å². The van der Waals surface area contributed by atoms with Crippen molar-refractivity contribution in [2.45, 2.75) is 134 Å². The Balaban J connectivity index is 0. The molecule has 34 heavy (non-hydrogen) atoms. The molecule has 0 amide bonds. The number of rotatable bonds is 15. The van der Waals surface area contributed by atoms with Gasteiger partial charge in [-0.2, -0.15) is 0 Å². The lowest BCUT2D eigenvalue weighted by molar-refractivity contribution is -0.178. The van der Waals surface area contributed by atoms with E-state index in [1.807, 2.05) is 0 Å². The lowest BCUT2D eigenvalue weighted by Crippen LogP contribution is -2.56. The van der Waals surface area contributed by atoms with Gasteiger partial charge in [-0.25, -0.2) is 0 Å². The molecule has 200 valence electrons. The highest BCUT2D eigenvalue weighted by Crippen LogP contribution is 2.63. The first-order chi connectivity index (χ1) is 15.7. The minimum atomic E-state index is -0.676. The summed E-state index contributed by atoms with van der Waals surface area (Å²) in [4.78, 5) is 13.9. The van der Waals surface area contributed by atoms with Crippen molar-refractivity contribution in [2.75, 3.05) is 0 Å². The Morgan fingerprint density at radius 2 is 1.21 bits per heavy atom. The lowest BCUT2D eigenvalue weighted by atomic mass is 9.45. The van der Waals surface area contributed by atoms with Gasteiger partial charge in [0.25, 0.3) is 0 Å². The average molecular weight is 479 g/mol. The van der Waals surface area contributed by atoms with E-state index in [2.05, 4.69) is 89.3 Å². The molecule has 0 heterocycles. The summed E-state index contributed by atoms with van der Waals surface area (Å²) in [6.07, 6.45) is 12.2. The molecule has 0 aromatic carbocycles. The molecular weight excluding hydrogens is 420 g/mol. The lowest BCUT2D eigenvalue weighted by Gasteiger charge is -2.58. The van der Waals surface area contributed by atoms with Crippen molar-refractivity contribution in [2.24, 2.45) is 21.7 Å². The van der Waals surface area contributed by atoms with Gasteiger partial charge in [-0.05, 0) is 54.6 Å². The van der Waals surface area contributed by atoms with Crippen molar-refractivity contribution in [3.05, 3.63) is 36.8 Å². The van der Waals surface area contributed by atoms with Crippen LogP contribution in [0, 0.1) is 21.7 Å². The smallest absolute Gasteiger partial charge is 0.317 e. The molecule has 0 saturated heterocycles. The third kappa shape index (κ3) is 8.31. The second-order valence-corrected chi connectivity index (χ2v) is 10.8. The second-order valence-electron chi connectivity index (χ2n) is 10.8. The molecule has 0 bridgehead atoms. The maximum Gasteiger partial charge on any atom is 0.317 e. The van der Waals surface area contributed by atoms with Gasteiger partial charge in [0.1, 0.15) is 11.5 Å². The molecule has 0 rings (SSSR count). The first kappa shape index (κ1) is 34.7. The van der Waals surface area contributed by atoms with Gasteiger partial charge in [0.15, 0.2) is 0 Å². The number of hydrogen-bond donors (Lipinski definition) is 1. The highest BCUT2D eigenvalue weighted by molar-refractivity contribution is 5.79. The Labute approximate surface area is 213 Å². The minimum absolute atomic E-state index is 0.00319. The standard InChI is InChI=1S/C27H48O3.C4H10/c1-12-24(9,13-2)20-26(11,23(29)30-22(8)19-18-21(7)28)27(16-5,17-6)25(10,14-3)15-4;1-3-4-2/h18-19,28H,7-8,12-17,20H2,1-6,9-11H3;3-4H2,1-2H3/b19-18-;. The minimum Gasteiger partial charge on any atom is -0.509 e. The summed E-state index contributed by atoms with van der Waals surface area (Å²) in [5.74, 6) is -0.0851. The third-order valence-corrected chi connectivity index (χ3v) is 9.10. The summed E-state index contributed by atoms with van der Waals surface area (Å²) in [6.45, 7) is 31.8. The van der Waals surface area contributed by atoms with Crippen LogP contribution in [0.25, 0.3) is 0 Å². The number of hydrogen-bond acceptors (Lipinski definition) is 3. The predicted molar refractivity (Wildman–Crippen MR) is 150 cm³/mol. The van der Waals surface area contributed by atoms with E-state index >= 15 is 0 Å². The fourth-order valence-corrected chi connectivity index (χ4v) is 5.72. The molecule has 1 unspecified atom stereocenters. The van der Waals surface area contributed by atoms with Gasteiger partial charge < -0.3 is 9.84 Å². The van der Waals surface area contributed by atoms with Crippen molar-refractivity contribution in [1.29, 1.82) is 0 Å². The predicted octanol–water partition coefficient (Wildman–Crippen LogP) is 10.3. The van der Waals surface area contributed by atoms with Crippen LogP contribution in [-0.4, -0.2) is 11.1 Å². The zero-order valence-corrected chi connectivity index (χ0v) is 24.7. The third-order valence-electron chi connectivity index (χ3n) is 9.10. The Kier molecular flexibility index (Phi) is 15.8. The van der Waals surface area contributed by atoms with Crippen LogP contribution in [0.5, 0.6) is 0 Å². The van der Waals surface area contributed by atoms with E-state index in [1.54, 1.807) is 0 Å². The van der Waals surface area contributed by atoms with Gasteiger partial charge in [-0.15, -0.1) is 0 Å². The highest BCUT2D eigenvalue weighted by Gasteiger charge is 2.60. The number of unbranched alkanes of at least 4 members (excludes halogenated alkanes) is 1. The monoisotopic (exact) mass is 478 g/mol. The van der Waals surface area contributed by atoms with E-state index in [4.69, 9.17) is 4.74 Å². The molecule has 1 atom stereocenters. The molecule has 3 nitrogen and oxygen atoms in total. The molecule has 0 radical (unpaired) electrons. The first-order valence-electron chi connectivity index (χ1n) is 13.7. The quantitative estimate of drug-likeness (QED) is 0.145. The van der Waals surface area contributed by atoms with Crippen LogP contribution in [0.1, 0.15) is 134 Å². The summed E-state index contributed by atoms with van der Waals surface area (Å²) in [6, 6.07) is 0. The zero-order chi connectivity index (χ0) is 27.2. The van der Waals surface area contributed by atoms with E-state index in [9.17, 15) is 9.90 Å². The van der Waals surface area contributed by atoms with Crippen LogP contribution in [0.15, 0.2) is 36.8 Å². The summed E-state index contributed by atoms with van der Waals surface area (Å²) in [7, 11) is 0. The molecule has 3 heteroatoms. The zero-order valence-electron chi connectivity index (χ0n) is 24.7. The first-order valence-corrected chi connectivity index (χ1v) is 13.7. The van der Waals surface area contributed by atoms with Gasteiger partial charge in [-0.1, -0.05) is 121 Å². The summed E-state index contributed by atoms with van der Waals surface area (Å²) < 4.78 is 5.82. The molecule has 0 aliphatic carbocycles. The van der Waals surface area contributed by atoms with Crippen LogP contribution < -0.4 is 0 Å². The molecule has 1 N–H and O–H groups in total. The fraction of sp³-hybridized carbons (Fsp3) is 0.774. The van der Waals surface area contributed by atoms with Gasteiger partial charge in [0.2, 0.25) is 0 Å². The fourth-order valence-electron chi connectivity index (χ4n) is 5.72. The van der Waals surface area contributed by atoms with E-state index in [1.165, 1.54) is 25.0 Å². The van der Waals surface area contributed by atoms with Gasteiger partial charge in [0.05, 0.1) is 5.41 Å². The largest absolute Gasteiger partial charge is 0.509 e. The molecule has 0 spiro atoms. The van der Waals surface area contributed by atoms with Gasteiger partial charge in [0, 0.05) is 0 Å².